The molecule has 0 N–H and O–H groups in total. The van der Waals surface area contributed by atoms with Crippen molar-refractivity contribution in [3.05, 3.63) is 0 Å². The Balaban J connectivity index is 2.10. The lowest BCUT2D eigenvalue weighted by molar-refractivity contribution is 0.0122. The van der Waals surface area contributed by atoms with Crippen LogP contribution in [0.25, 0.3) is 0 Å². The number of halogens is 1. The van der Waals surface area contributed by atoms with Gasteiger partial charge in [-0.2, -0.15) is 0 Å². The first kappa shape index (κ1) is 14.2. The molecule has 0 aromatic heterocycles. The van der Waals surface area contributed by atoms with Crippen LogP contribution in [0.2, 0.25) is 0 Å². The first-order chi connectivity index (χ1) is 8.42. The van der Waals surface area contributed by atoms with Crippen LogP contribution in [-0.2, 0) is 4.74 Å². The number of hydrogen-bond donors (Lipinski definition) is 0. The fraction of sp³-hybridized carbons (Fsp3) is 0.929. The molecule has 1 saturated carbocycles. The lowest BCUT2D eigenvalue weighted by Crippen LogP contribution is -2.46. The Labute approximate surface area is 118 Å². The van der Waals surface area contributed by atoms with Crippen molar-refractivity contribution in [2.24, 2.45) is 5.92 Å². The number of hydrogen-bond acceptors (Lipinski definition) is 2. The number of fused-ring (bicyclic) bond motifs is 1. The summed E-state index contributed by atoms with van der Waals surface area (Å²) in [6, 6.07) is 0.726. The lowest BCUT2D eigenvalue weighted by Gasteiger charge is -2.34. The molecule has 2 aliphatic rings. The molecule has 3 nitrogen and oxygen atoms in total. The van der Waals surface area contributed by atoms with E-state index in [1.165, 1.54) is 19.3 Å². The third-order valence-corrected chi connectivity index (χ3v) is 4.72. The quantitative estimate of drug-likeness (QED) is 0.685. The summed E-state index contributed by atoms with van der Waals surface area (Å²) in [6.45, 7) is 5.80. The van der Waals surface area contributed by atoms with Crippen molar-refractivity contribution >= 4 is 22.0 Å². The molecule has 0 unspecified atom stereocenters. The number of carbonyl (C=O) groups is 1. The van der Waals surface area contributed by atoms with E-state index in [2.05, 4.69) is 15.9 Å². The van der Waals surface area contributed by atoms with Crippen LogP contribution in [0.3, 0.4) is 0 Å². The summed E-state index contributed by atoms with van der Waals surface area (Å²) in [6.07, 6.45) is 5.99. The molecule has 1 aliphatic carbocycles. The standard InChI is InChI=1S/C14H24BrNO2/c1-14(2,3)18-13(17)16-11(9-15)8-10-6-4-5-7-12(10)16/h10-12H,4-9H2,1-3H3/t10-,11-,12-/m0/s1. The highest BCUT2D eigenvalue weighted by atomic mass is 79.9. The van der Waals surface area contributed by atoms with Crippen molar-refractivity contribution in [2.75, 3.05) is 5.33 Å². The molecule has 18 heavy (non-hydrogen) atoms. The van der Waals surface area contributed by atoms with Gasteiger partial charge in [-0.3, -0.25) is 0 Å². The van der Waals surface area contributed by atoms with Crippen LogP contribution in [0.1, 0.15) is 52.9 Å². The summed E-state index contributed by atoms with van der Waals surface area (Å²) in [5.41, 5.74) is -0.402. The molecule has 0 spiro atoms. The second-order valence-electron chi connectivity index (χ2n) is 6.54. The van der Waals surface area contributed by atoms with Gasteiger partial charge in [-0.15, -0.1) is 0 Å². The third-order valence-electron chi connectivity index (χ3n) is 3.98. The minimum absolute atomic E-state index is 0.124. The number of rotatable bonds is 1. The normalized spacial score (nSPS) is 32.2. The van der Waals surface area contributed by atoms with Crippen LogP contribution in [0.4, 0.5) is 4.79 Å². The van der Waals surface area contributed by atoms with E-state index >= 15 is 0 Å². The Morgan fingerprint density at radius 3 is 2.61 bits per heavy atom. The van der Waals surface area contributed by atoms with Gasteiger partial charge in [0.15, 0.2) is 0 Å². The van der Waals surface area contributed by atoms with Gasteiger partial charge >= 0.3 is 6.09 Å². The highest BCUT2D eigenvalue weighted by Crippen LogP contribution is 2.40. The SMILES string of the molecule is CC(C)(C)OC(=O)N1[C@H](CBr)C[C@@H]2CCCC[C@@H]21. The summed E-state index contributed by atoms with van der Waals surface area (Å²) in [5, 5.41) is 0.860. The Hall–Kier alpha value is -0.250. The molecule has 0 aromatic carbocycles. The van der Waals surface area contributed by atoms with Crippen LogP contribution in [0.5, 0.6) is 0 Å². The van der Waals surface area contributed by atoms with Gasteiger partial charge < -0.3 is 9.64 Å². The van der Waals surface area contributed by atoms with E-state index < -0.39 is 5.60 Å². The Bertz CT molecular complexity index is 313. The Morgan fingerprint density at radius 1 is 1.33 bits per heavy atom. The smallest absolute Gasteiger partial charge is 0.410 e. The molecular formula is C14H24BrNO2. The molecular weight excluding hydrogens is 294 g/mol. The largest absolute Gasteiger partial charge is 0.444 e. The maximum absolute atomic E-state index is 12.4. The monoisotopic (exact) mass is 317 g/mol. The molecule has 1 saturated heterocycles. The van der Waals surface area contributed by atoms with Gasteiger partial charge in [0, 0.05) is 17.4 Å². The predicted molar refractivity (Wildman–Crippen MR) is 76.0 cm³/mol. The summed E-state index contributed by atoms with van der Waals surface area (Å²) in [7, 11) is 0. The van der Waals surface area contributed by atoms with E-state index in [0.717, 1.165) is 18.2 Å². The number of ether oxygens (including phenoxy) is 1. The van der Waals surface area contributed by atoms with Crippen LogP contribution in [0.15, 0.2) is 0 Å². The molecule has 4 heteroatoms. The maximum Gasteiger partial charge on any atom is 0.410 e. The molecule has 1 heterocycles. The number of alkyl halides is 1. The summed E-state index contributed by atoms with van der Waals surface area (Å²) < 4.78 is 5.57. The van der Waals surface area contributed by atoms with Gasteiger partial charge in [0.25, 0.3) is 0 Å². The van der Waals surface area contributed by atoms with E-state index in [0.29, 0.717) is 18.0 Å². The van der Waals surface area contributed by atoms with E-state index in [4.69, 9.17) is 4.74 Å². The van der Waals surface area contributed by atoms with Crippen LogP contribution >= 0.6 is 15.9 Å². The zero-order valence-electron chi connectivity index (χ0n) is 11.6. The third kappa shape index (κ3) is 3.01. The number of likely N-dealkylation sites (tertiary alicyclic amines) is 1. The minimum atomic E-state index is -0.402. The topological polar surface area (TPSA) is 29.5 Å². The van der Waals surface area contributed by atoms with E-state index in [1.807, 2.05) is 25.7 Å². The molecule has 2 rings (SSSR count). The zero-order chi connectivity index (χ0) is 13.3. The van der Waals surface area contributed by atoms with Gasteiger partial charge in [0.2, 0.25) is 0 Å². The van der Waals surface area contributed by atoms with Crippen molar-refractivity contribution < 1.29 is 9.53 Å². The van der Waals surface area contributed by atoms with Crippen molar-refractivity contribution in [3.8, 4) is 0 Å². The summed E-state index contributed by atoms with van der Waals surface area (Å²) in [5.74, 6) is 0.689. The Kier molecular flexibility index (Phi) is 4.25. The molecule has 2 fully saturated rings. The van der Waals surface area contributed by atoms with Crippen LogP contribution < -0.4 is 0 Å². The van der Waals surface area contributed by atoms with Gasteiger partial charge in [0.1, 0.15) is 5.60 Å². The number of amides is 1. The maximum atomic E-state index is 12.4. The summed E-state index contributed by atoms with van der Waals surface area (Å²) in [4.78, 5) is 14.4. The fourth-order valence-corrected chi connectivity index (χ4v) is 3.88. The minimum Gasteiger partial charge on any atom is -0.444 e. The second-order valence-corrected chi connectivity index (χ2v) is 7.19. The average Bonchev–Trinajstić information content (AvgIpc) is 2.64. The zero-order valence-corrected chi connectivity index (χ0v) is 13.2. The first-order valence-electron chi connectivity index (χ1n) is 6.99. The average molecular weight is 318 g/mol. The lowest BCUT2D eigenvalue weighted by atomic mass is 9.85. The highest BCUT2D eigenvalue weighted by Gasteiger charge is 2.45. The number of nitrogens with zero attached hydrogens (tertiary/aromatic N) is 1. The van der Waals surface area contributed by atoms with Crippen molar-refractivity contribution in [3.63, 3.8) is 0 Å². The predicted octanol–water partition coefficient (Wildman–Crippen LogP) is 3.95. The van der Waals surface area contributed by atoms with Crippen molar-refractivity contribution in [2.45, 2.75) is 70.6 Å². The molecule has 104 valence electrons. The molecule has 1 aliphatic heterocycles. The highest BCUT2D eigenvalue weighted by molar-refractivity contribution is 9.09. The van der Waals surface area contributed by atoms with Crippen LogP contribution in [-0.4, -0.2) is 34.0 Å². The number of carbonyl (C=O) groups excluding carboxylic acids is 1. The van der Waals surface area contributed by atoms with Gasteiger partial charge in [-0.05, 0) is 46.0 Å². The van der Waals surface area contributed by atoms with Gasteiger partial charge in [0.05, 0.1) is 0 Å². The molecule has 0 radical (unpaired) electrons. The molecule has 0 bridgehead atoms. The molecule has 3 atom stereocenters. The van der Waals surface area contributed by atoms with Crippen molar-refractivity contribution in [1.82, 2.24) is 4.90 Å². The molecule has 0 aromatic rings. The first-order valence-corrected chi connectivity index (χ1v) is 8.12. The van der Waals surface area contributed by atoms with Crippen molar-refractivity contribution in [1.29, 1.82) is 0 Å². The van der Waals surface area contributed by atoms with E-state index in [1.54, 1.807) is 0 Å². The van der Waals surface area contributed by atoms with Crippen LogP contribution in [0, 0.1) is 5.92 Å². The Morgan fingerprint density at radius 2 is 2.00 bits per heavy atom. The van der Waals surface area contributed by atoms with Gasteiger partial charge in [-0.25, -0.2) is 4.79 Å². The second kappa shape index (κ2) is 5.40. The summed E-state index contributed by atoms with van der Waals surface area (Å²) >= 11 is 3.55. The van der Waals surface area contributed by atoms with E-state index in [-0.39, 0.29) is 6.09 Å². The molecule has 1 amide bonds. The van der Waals surface area contributed by atoms with Gasteiger partial charge in [-0.1, -0.05) is 28.8 Å². The van der Waals surface area contributed by atoms with E-state index in [9.17, 15) is 4.79 Å². The fourth-order valence-electron chi connectivity index (χ4n) is 3.30.